The van der Waals surface area contributed by atoms with Gasteiger partial charge in [-0.05, 0) is 91.9 Å². The largest absolute Gasteiger partial charge is 0.491 e. The molecule has 4 aromatic carbocycles. The number of rotatable bonds is 18. The minimum atomic E-state index is -0.698. The summed E-state index contributed by atoms with van der Waals surface area (Å²) in [5, 5.41) is 10.9. The van der Waals surface area contributed by atoms with E-state index in [0.717, 1.165) is 36.0 Å². The Labute approximate surface area is 310 Å². The smallest absolute Gasteiger partial charge is 0.120 e. The lowest BCUT2D eigenvalue weighted by Gasteiger charge is -2.30. The molecule has 6 rings (SSSR count). The minimum absolute atomic E-state index is 0.174. The van der Waals surface area contributed by atoms with Crippen LogP contribution in [0.1, 0.15) is 89.6 Å². The van der Waals surface area contributed by atoms with Gasteiger partial charge in [0.2, 0.25) is 0 Å². The van der Waals surface area contributed by atoms with Crippen LogP contribution in [0, 0.1) is 0 Å². The lowest BCUT2D eigenvalue weighted by Crippen LogP contribution is -2.35. The molecule has 0 saturated carbocycles. The van der Waals surface area contributed by atoms with Crippen LogP contribution in [0.2, 0.25) is 0 Å². The predicted molar refractivity (Wildman–Crippen MR) is 205 cm³/mol. The molecule has 0 spiro atoms. The van der Waals surface area contributed by atoms with Crippen LogP contribution in [0.4, 0.5) is 0 Å². The highest BCUT2D eigenvalue weighted by molar-refractivity contribution is 5.43. The molecule has 0 aliphatic carbocycles. The third-order valence-corrected chi connectivity index (χ3v) is 10.5. The maximum Gasteiger partial charge on any atom is 0.120 e. The van der Waals surface area contributed by atoms with Crippen molar-refractivity contribution in [3.05, 3.63) is 125 Å². The summed E-state index contributed by atoms with van der Waals surface area (Å²) in [7, 11) is 0. The summed E-state index contributed by atoms with van der Waals surface area (Å²) in [6.45, 7) is 20.1. The number of aliphatic hydroxyl groups excluding tert-OH is 1. The summed E-state index contributed by atoms with van der Waals surface area (Å²) in [6, 6.07) is 33.4. The van der Waals surface area contributed by atoms with Gasteiger partial charge in [-0.1, -0.05) is 88.4 Å². The Balaban J connectivity index is 0.975. The highest BCUT2D eigenvalue weighted by Crippen LogP contribution is 2.36. The Hall–Kier alpha value is -3.88. The second-order valence-corrected chi connectivity index (χ2v) is 16.5. The van der Waals surface area contributed by atoms with Gasteiger partial charge in [0, 0.05) is 17.3 Å². The van der Waals surface area contributed by atoms with Gasteiger partial charge in [-0.15, -0.1) is 0 Å². The van der Waals surface area contributed by atoms with Crippen molar-refractivity contribution in [2.24, 2.45) is 0 Å². The molecule has 7 heteroatoms. The fourth-order valence-electron chi connectivity index (χ4n) is 6.58. The Morgan fingerprint density at radius 1 is 0.558 bits per heavy atom. The molecular formula is C45H56O7. The van der Waals surface area contributed by atoms with Crippen LogP contribution in [0.3, 0.4) is 0 Å². The highest BCUT2D eigenvalue weighted by atomic mass is 16.6. The van der Waals surface area contributed by atoms with Crippen LogP contribution in [-0.4, -0.2) is 62.1 Å². The van der Waals surface area contributed by atoms with Gasteiger partial charge in [0.1, 0.15) is 48.3 Å². The fraction of sp³-hybridized carbons (Fsp3) is 0.467. The van der Waals surface area contributed by atoms with Crippen LogP contribution in [0.5, 0.6) is 17.2 Å². The average molecular weight is 709 g/mol. The quantitative estimate of drug-likeness (QED) is 0.104. The third kappa shape index (κ3) is 9.75. The zero-order valence-corrected chi connectivity index (χ0v) is 32.1. The number of epoxide rings is 2. The number of benzene rings is 4. The zero-order chi connectivity index (χ0) is 37.1. The molecule has 0 bridgehead atoms. The second kappa shape index (κ2) is 15.2. The maximum absolute atomic E-state index is 10.9. The van der Waals surface area contributed by atoms with Gasteiger partial charge in [-0.25, -0.2) is 0 Å². The Morgan fingerprint density at radius 2 is 0.942 bits per heavy atom. The molecule has 0 amide bonds. The molecule has 3 atom stereocenters. The summed E-state index contributed by atoms with van der Waals surface area (Å²) >= 11 is 0. The summed E-state index contributed by atoms with van der Waals surface area (Å²) in [4.78, 5) is 0. The van der Waals surface area contributed by atoms with Gasteiger partial charge in [0.15, 0.2) is 0 Å². The summed E-state index contributed by atoms with van der Waals surface area (Å²) < 4.78 is 34.8. The summed E-state index contributed by atoms with van der Waals surface area (Å²) in [6.07, 6.45) is 0.199. The maximum atomic E-state index is 10.9. The molecule has 7 nitrogen and oxygen atoms in total. The first-order valence-electron chi connectivity index (χ1n) is 18.5. The molecule has 2 heterocycles. The van der Waals surface area contributed by atoms with E-state index in [9.17, 15) is 5.11 Å². The molecule has 2 saturated heterocycles. The van der Waals surface area contributed by atoms with Crippen molar-refractivity contribution in [1.82, 2.24) is 0 Å². The minimum Gasteiger partial charge on any atom is -0.491 e. The van der Waals surface area contributed by atoms with E-state index in [1.54, 1.807) is 0 Å². The van der Waals surface area contributed by atoms with Crippen LogP contribution in [-0.2, 0) is 30.6 Å². The Kier molecular flexibility index (Phi) is 11.1. The SMILES string of the molecule is CC(C)(CC(O)COc1ccc(C(C)(C)c2ccc(C(C)(C)OCC3CO3)cc2)cc1)Oc1ccc(C(C)(C)c2ccc(OCC3CO3)cc2)cc1. The molecule has 2 fully saturated rings. The van der Waals surface area contributed by atoms with E-state index >= 15 is 0 Å². The van der Waals surface area contributed by atoms with Crippen molar-refractivity contribution in [3.8, 4) is 17.2 Å². The predicted octanol–water partition coefficient (Wildman–Crippen LogP) is 8.75. The van der Waals surface area contributed by atoms with Crippen LogP contribution in [0.25, 0.3) is 0 Å². The van der Waals surface area contributed by atoms with E-state index in [-0.39, 0.29) is 35.2 Å². The summed E-state index contributed by atoms with van der Waals surface area (Å²) in [5.74, 6) is 2.34. The topological polar surface area (TPSA) is 82.2 Å². The summed E-state index contributed by atoms with van der Waals surface area (Å²) in [5.41, 5.74) is 4.56. The molecule has 278 valence electrons. The average Bonchev–Trinajstić information content (AvgIpc) is 4.05. The normalized spacial score (nSPS) is 18.1. The van der Waals surface area contributed by atoms with E-state index in [1.165, 1.54) is 22.3 Å². The molecule has 0 radical (unpaired) electrons. The first kappa shape index (κ1) is 37.9. The monoisotopic (exact) mass is 708 g/mol. The van der Waals surface area contributed by atoms with Gasteiger partial charge in [-0.3, -0.25) is 0 Å². The number of ether oxygens (including phenoxy) is 6. The van der Waals surface area contributed by atoms with Gasteiger partial charge < -0.3 is 33.5 Å². The molecule has 0 aromatic heterocycles. The molecule has 2 aliphatic rings. The lowest BCUT2D eigenvalue weighted by atomic mass is 9.77. The molecule has 2 aliphatic heterocycles. The van der Waals surface area contributed by atoms with Gasteiger partial charge in [0.25, 0.3) is 0 Å². The first-order valence-corrected chi connectivity index (χ1v) is 18.5. The van der Waals surface area contributed by atoms with E-state index in [1.807, 2.05) is 50.2 Å². The van der Waals surface area contributed by atoms with Gasteiger partial charge in [0.05, 0.1) is 31.5 Å². The van der Waals surface area contributed by atoms with E-state index in [4.69, 9.17) is 28.4 Å². The van der Waals surface area contributed by atoms with Crippen molar-refractivity contribution >= 4 is 0 Å². The number of hydrogen-bond donors (Lipinski definition) is 1. The zero-order valence-electron chi connectivity index (χ0n) is 32.1. The molecule has 52 heavy (non-hydrogen) atoms. The first-order chi connectivity index (χ1) is 24.6. The van der Waals surface area contributed by atoms with Gasteiger partial charge >= 0.3 is 0 Å². The van der Waals surface area contributed by atoms with Crippen LogP contribution in [0.15, 0.2) is 97.1 Å². The van der Waals surface area contributed by atoms with E-state index in [2.05, 4.69) is 102 Å². The molecule has 1 N–H and O–H groups in total. The van der Waals surface area contributed by atoms with Crippen molar-refractivity contribution < 1.29 is 33.5 Å². The lowest BCUT2D eigenvalue weighted by molar-refractivity contribution is -0.0285. The highest BCUT2D eigenvalue weighted by Gasteiger charge is 2.31. The van der Waals surface area contributed by atoms with E-state index in [0.29, 0.717) is 19.6 Å². The van der Waals surface area contributed by atoms with Crippen LogP contribution < -0.4 is 14.2 Å². The van der Waals surface area contributed by atoms with Crippen molar-refractivity contribution in [1.29, 1.82) is 0 Å². The molecule has 4 aromatic rings. The fourth-order valence-corrected chi connectivity index (χ4v) is 6.58. The van der Waals surface area contributed by atoms with Crippen molar-refractivity contribution in [2.45, 2.75) is 102 Å². The van der Waals surface area contributed by atoms with Crippen molar-refractivity contribution in [3.63, 3.8) is 0 Å². The van der Waals surface area contributed by atoms with Crippen LogP contribution >= 0.6 is 0 Å². The number of aliphatic hydroxyl groups is 1. The van der Waals surface area contributed by atoms with E-state index < -0.39 is 11.7 Å². The second-order valence-electron chi connectivity index (χ2n) is 16.5. The molecule has 3 unspecified atom stereocenters. The molecular weight excluding hydrogens is 652 g/mol. The Morgan fingerprint density at radius 3 is 1.40 bits per heavy atom. The van der Waals surface area contributed by atoms with Crippen molar-refractivity contribution in [2.75, 3.05) is 33.0 Å². The van der Waals surface area contributed by atoms with Gasteiger partial charge in [-0.2, -0.15) is 0 Å². The standard InChI is InChI=1S/C45H56O7/c1-42(2,52-39-23-17-34(18-24-39)44(5,6)33-15-21-38(22-16-33)48-27-40-28-49-40)25-36(46)26-47-37-19-13-32(14-20-37)43(3,4)31-9-11-35(12-10-31)45(7,8)51-30-41-29-50-41/h9-24,36,40-41,46H,25-30H2,1-8H3. The Bertz CT molecular complexity index is 1730. The third-order valence-electron chi connectivity index (χ3n) is 10.5. The number of hydrogen-bond acceptors (Lipinski definition) is 7.